The van der Waals surface area contributed by atoms with Crippen molar-refractivity contribution >= 4 is 10.0 Å². The zero-order chi connectivity index (χ0) is 13.0. The van der Waals surface area contributed by atoms with Crippen molar-refractivity contribution in [2.45, 2.75) is 25.9 Å². The number of sulfonamides is 1. The fourth-order valence-corrected chi connectivity index (χ4v) is 3.60. The average Bonchev–Trinajstić information content (AvgIpc) is 2.82. The monoisotopic (exact) mass is 272 g/mol. The second-order valence-corrected chi connectivity index (χ2v) is 6.59. The summed E-state index contributed by atoms with van der Waals surface area (Å²) in [6.07, 6.45) is 5.21. The van der Waals surface area contributed by atoms with Crippen molar-refractivity contribution < 1.29 is 8.42 Å². The topological polar surface area (TPSA) is 67.2 Å². The van der Waals surface area contributed by atoms with Crippen LogP contribution in [0.15, 0.2) is 12.4 Å². The van der Waals surface area contributed by atoms with Gasteiger partial charge in [-0.25, -0.2) is 13.4 Å². The zero-order valence-corrected chi connectivity index (χ0v) is 11.5. The second-order valence-electron chi connectivity index (χ2n) is 4.50. The molecule has 0 atom stereocenters. The molecule has 1 aromatic heterocycles. The van der Waals surface area contributed by atoms with E-state index in [0.29, 0.717) is 26.1 Å². The number of unbranched alkanes of at least 4 members (excludes halogenated alkanes) is 1. The van der Waals surface area contributed by atoms with Crippen LogP contribution in [0.25, 0.3) is 0 Å². The number of hydrogen-bond donors (Lipinski definition) is 1. The van der Waals surface area contributed by atoms with Gasteiger partial charge in [0.1, 0.15) is 5.82 Å². The van der Waals surface area contributed by atoms with Crippen LogP contribution < -0.4 is 5.32 Å². The fraction of sp³-hybridized carbons (Fsp3) is 0.727. The molecule has 6 nitrogen and oxygen atoms in total. The van der Waals surface area contributed by atoms with E-state index in [1.165, 1.54) is 0 Å². The third-order valence-electron chi connectivity index (χ3n) is 3.18. The Morgan fingerprint density at radius 1 is 1.39 bits per heavy atom. The summed E-state index contributed by atoms with van der Waals surface area (Å²) < 4.78 is 27.9. The van der Waals surface area contributed by atoms with Crippen molar-refractivity contribution in [3.05, 3.63) is 18.2 Å². The Balaban J connectivity index is 1.91. The highest BCUT2D eigenvalue weighted by Crippen LogP contribution is 2.15. The van der Waals surface area contributed by atoms with Crippen molar-refractivity contribution in [3.63, 3.8) is 0 Å². The molecule has 1 aromatic rings. The van der Waals surface area contributed by atoms with Gasteiger partial charge in [-0.3, -0.25) is 0 Å². The van der Waals surface area contributed by atoms with Crippen LogP contribution in [0.1, 0.15) is 18.7 Å². The minimum atomic E-state index is -3.13. The van der Waals surface area contributed by atoms with Crippen LogP contribution in [-0.2, 0) is 23.1 Å². The van der Waals surface area contributed by atoms with Gasteiger partial charge in [-0.2, -0.15) is 4.31 Å². The van der Waals surface area contributed by atoms with Gasteiger partial charge in [0.2, 0.25) is 10.0 Å². The van der Waals surface area contributed by atoms with Crippen LogP contribution >= 0.6 is 0 Å². The molecule has 0 saturated heterocycles. The average molecular weight is 272 g/mol. The molecule has 0 saturated carbocycles. The number of nitrogens with zero attached hydrogens (tertiary/aromatic N) is 3. The van der Waals surface area contributed by atoms with E-state index in [1.807, 2.05) is 17.8 Å². The van der Waals surface area contributed by atoms with Crippen molar-refractivity contribution in [1.82, 2.24) is 19.2 Å². The summed E-state index contributed by atoms with van der Waals surface area (Å²) >= 11 is 0. The molecule has 0 aliphatic carbocycles. The zero-order valence-electron chi connectivity index (χ0n) is 10.7. The number of fused-ring (bicyclic) bond motifs is 1. The maximum atomic E-state index is 12.1. The molecule has 2 heterocycles. The maximum Gasteiger partial charge on any atom is 0.214 e. The molecule has 1 aliphatic heterocycles. The SMILES string of the molecule is CNCCCCS(=O)(=O)N1CCn2ccnc2C1. The molecule has 0 fully saturated rings. The van der Waals surface area contributed by atoms with E-state index in [-0.39, 0.29) is 5.75 Å². The van der Waals surface area contributed by atoms with Crippen molar-refractivity contribution in [3.8, 4) is 0 Å². The maximum absolute atomic E-state index is 12.1. The van der Waals surface area contributed by atoms with Gasteiger partial charge in [0.25, 0.3) is 0 Å². The third kappa shape index (κ3) is 3.09. The summed E-state index contributed by atoms with van der Waals surface area (Å²) in [5.41, 5.74) is 0. The summed E-state index contributed by atoms with van der Waals surface area (Å²) in [6, 6.07) is 0. The first-order valence-electron chi connectivity index (χ1n) is 6.26. The lowest BCUT2D eigenvalue weighted by Crippen LogP contribution is -2.39. The highest BCUT2D eigenvalue weighted by atomic mass is 32.2. The van der Waals surface area contributed by atoms with Gasteiger partial charge in [0.15, 0.2) is 0 Å². The van der Waals surface area contributed by atoms with Crippen LogP contribution in [0.5, 0.6) is 0 Å². The summed E-state index contributed by atoms with van der Waals surface area (Å²) in [5, 5.41) is 3.02. The Kier molecular flexibility index (Phi) is 4.36. The van der Waals surface area contributed by atoms with E-state index in [1.54, 1.807) is 10.5 Å². The molecule has 0 bridgehead atoms. The summed E-state index contributed by atoms with van der Waals surface area (Å²) in [6.45, 7) is 2.52. The van der Waals surface area contributed by atoms with Crippen molar-refractivity contribution in [1.29, 1.82) is 0 Å². The van der Waals surface area contributed by atoms with E-state index < -0.39 is 10.0 Å². The Bertz CT molecular complexity index is 483. The number of aromatic nitrogens is 2. The van der Waals surface area contributed by atoms with Crippen LogP contribution in [0.4, 0.5) is 0 Å². The van der Waals surface area contributed by atoms with Crippen LogP contribution in [0.3, 0.4) is 0 Å². The Hall–Kier alpha value is -0.920. The van der Waals surface area contributed by atoms with Crippen molar-refractivity contribution in [2.75, 3.05) is 25.9 Å². The molecule has 0 amide bonds. The largest absolute Gasteiger partial charge is 0.333 e. The number of nitrogens with one attached hydrogen (secondary N) is 1. The van der Waals surface area contributed by atoms with Gasteiger partial charge in [-0.05, 0) is 26.4 Å². The van der Waals surface area contributed by atoms with Gasteiger partial charge >= 0.3 is 0 Å². The third-order valence-corrected chi connectivity index (χ3v) is 5.09. The number of hydrogen-bond acceptors (Lipinski definition) is 4. The summed E-state index contributed by atoms with van der Waals surface area (Å²) in [4.78, 5) is 4.18. The lowest BCUT2D eigenvalue weighted by molar-refractivity contribution is 0.335. The quantitative estimate of drug-likeness (QED) is 0.742. The van der Waals surface area contributed by atoms with Gasteiger partial charge in [-0.15, -0.1) is 0 Å². The molecule has 0 spiro atoms. The lowest BCUT2D eigenvalue weighted by atomic mass is 10.3. The molecule has 0 aromatic carbocycles. The molecule has 0 unspecified atom stereocenters. The van der Waals surface area contributed by atoms with E-state index in [2.05, 4.69) is 10.3 Å². The first kappa shape index (κ1) is 13.5. The Morgan fingerprint density at radius 3 is 3.00 bits per heavy atom. The summed E-state index contributed by atoms with van der Waals surface area (Å²) in [5.74, 6) is 1.06. The van der Waals surface area contributed by atoms with Crippen molar-refractivity contribution in [2.24, 2.45) is 0 Å². The molecule has 18 heavy (non-hydrogen) atoms. The predicted molar refractivity (Wildman–Crippen MR) is 69.6 cm³/mol. The molecule has 0 radical (unpaired) electrons. The molecule has 7 heteroatoms. The second kappa shape index (κ2) is 5.81. The number of imidazole rings is 1. The Morgan fingerprint density at radius 2 is 2.22 bits per heavy atom. The molecule has 2 rings (SSSR count). The highest BCUT2D eigenvalue weighted by molar-refractivity contribution is 7.89. The van der Waals surface area contributed by atoms with Gasteiger partial charge in [0, 0.05) is 25.5 Å². The minimum absolute atomic E-state index is 0.232. The van der Waals surface area contributed by atoms with Crippen LogP contribution in [0.2, 0.25) is 0 Å². The highest BCUT2D eigenvalue weighted by Gasteiger charge is 2.26. The molecular weight excluding hydrogens is 252 g/mol. The molecular formula is C11H20N4O2S. The fourth-order valence-electron chi connectivity index (χ4n) is 2.10. The Labute approximate surface area is 108 Å². The number of rotatable bonds is 6. The first-order chi connectivity index (χ1) is 8.63. The van der Waals surface area contributed by atoms with E-state index in [4.69, 9.17) is 0 Å². The summed E-state index contributed by atoms with van der Waals surface area (Å²) in [7, 11) is -1.26. The molecule has 1 N–H and O–H groups in total. The predicted octanol–water partition coefficient (Wildman–Crippen LogP) is 0.0281. The standard InChI is InChI=1S/C11H20N4O2S/c1-12-4-2-3-9-18(16,17)15-8-7-14-6-5-13-11(14)10-15/h5-6,12H,2-4,7-10H2,1H3. The lowest BCUT2D eigenvalue weighted by Gasteiger charge is -2.26. The van der Waals surface area contributed by atoms with Gasteiger partial charge in [-0.1, -0.05) is 0 Å². The first-order valence-corrected chi connectivity index (χ1v) is 7.87. The minimum Gasteiger partial charge on any atom is -0.333 e. The van der Waals surface area contributed by atoms with E-state index in [0.717, 1.165) is 18.8 Å². The van der Waals surface area contributed by atoms with E-state index >= 15 is 0 Å². The van der Waals surface area contributed by atoms with Crippen LogP contribution in [0, 0.1) is 0 Å². The van der Waals surface area contributed by atoms with Crippen LogP contribution in [-0.4, -0.2) is 48.2 Å². The van der Waals surface area contributed by atoms with Gasteiger partial charge < -0.3 is 9.88 Å². The smallest absolute Gasteiger partial charge is 0.214 e. The van der Waals surface area contributed by atoms with Gasteiger partial charge in [0.05, 0.1) is 12.3 Å². The van der Waals surface area contributed by atoms with E-state index in [9.17, 15) is 8.42 Å². The normalized spacial score (nSPS) is 16.7. The molecule has 102 valence electrons. The molecule has 1 aliphatic rings.